The molecule has 2 aromatic rings. The van der Waals surface area contributed by atoms with Gasteiger partial charge in [-0.25, -0.2) is 14.5 Å². The Balaban J connectivity index is 1.65. The molecule has 4 rings (SSSR count). The molecule has 1 aromatic heterocycles. The number of aromatic nitrogens is 3. The summed E-state index contributed by atoms with van der Waals surface area (Å²) in [7, 11) is 2.16. The maximum atomic E-state index is 11.7. The quantitative estimate of drug-likeness (QED) is 0.840. The molecule has 0 amide bonds. The lowest BCUT2D eigenvalue weighted by Crippen LogP contribution is -2.29. The molecule has 27 heavy (non-hydrogen) atoms. The number of carboxylic acid groups (broad SMARTS) is 1. The molecule has 0 atom stereocenters. The summed E-state index contributed by atoms with van der Waals surface area (Å²) in [5.74, 6) is 1.42. The van der Waals surface area contributed by atoms with Crippen molar-refractivity contribution in [3.05, 3.63) is 41.5 Å². The van der Waals surface area contributed by atoms with Gasteiger partial charge < -0.3 is 10.0 Å². The second-order valence-electron chi connectivity index (χ2n) is 7.76. The second kappa shape index (κ2) is 7.78. The topological polar surface area (TPSA) is 74.5 Å². The molecule has 2 aliphatic rings. The Hall–Kier alpha value is -2.25. The van der Waals surface area contributed by atoms with Crippen LogP contribution in [0.2, 0.25) is 0 Å². The lowest BCUT2D eigenvalue weighted by molar-refractivity contribution is 0.0696. The minimum Gasteiger partial charge on any atom is -0.478 e. The van der Waals surface area contributed by atoms with Gasteiger partial charge in [0.05, 0.1) is 17.8 Å². The first-order valence-electron chi connectivity index (χ1n) is 9.78. The zero-order valence-electron chi connectivity index (χ0n) is 15.8. The largest absolute Gasteiger partial charge is 0.478 e. The molecule has 1 saturated heterocycles. The van der Waals surface area contributed by atoms with Crippen molar-refractivity contribution in [2.24, 2.45) is 5.92 Å². The van der Waals surface area contributed by atoms with E-state index in [1.165, 1.54) is 12.8 Å². The number of hydrogen-bond donors (Lipinski definition) is 1. The van der Waals surface area contributed by atoms with Crippen molar-refractivity contribution >= 4 is 5.97 Å². The summed E-state index contributed by atoms with van der Waals surface area (Å²) < 4.78 is 1.76. The fourth-order valence-electron chi connectivity index (χ4n) is 3.65. The molecule has 1 aromatic carbocycles. The van der Waals surface area contributed by atoms with Crippen LogP contribution in [-0.2, 0) is 13.0 Å². The molecule has 7 heteroatoms. The van der Waals surface area contributed by atoms with E-state index in [1.54, 1.807) is 16.8 Å². The molecule has 2 heterocycles. The highest BCUT2D eigenvalue weighted by Crippen LogP contribution is 2.32. The van der Waals surface area contributed by atoms with Crippen molar-refractivity contribution in [2.45, 2.75) is 32.2 Å². The Bertz CT molecular complexity index is 814. The second-order valence-corrected chi connectivity index (χ2v) is 7.76. The summed E-state index contributed by atoms with van der Waals surface area (Å²) in [5.41, 5.74) is 0.860. The average Bonchev–Trinajstić information content (AvgIpc) is 3.41. The molecule has 1 aliphatic heterocycles. The average molecular weight is 369 g/mol. The molecule has 1 aliphatic carbocycles. The fraction of sp³-hybridized carbons (Fsp3) is 0.550. The van der Waals surface area contributed by atoms with E-state index >= 15 is 0 Å². The molecule has 1 saturated carbocycles. The van der Waals surface area contributed by atoms with Crippen LogP contribution in [0.3, 0.4) is 0 Å². The van der Waals surface area contributed by atoms with Gasteiger partial charge in [-0.3, -0.25) is 4.90 Å². The molecule has 0 bridgehead atoms. The normalized spacial score (nSPS) is 19.1. The number of carbonyl (C=O) groups is 1. The van der Waals surface area contributed by atoms with Gasteiger partial charge in [-0.2, -0.15) is 5.10 Å². The van der Waals surface area contributed by atoms with Crippen molar-refractivity contribution in [1.29, 1.82) is 0 Å². The summed E-state index contributed by atoms with van der Waals surface area (Å²) in [6.45, 7) is 4.85. The van der Waals surface area contributed by atoms with Crippen molar-refractivity contribution in [2.75, 3.05) is 33.2 Å². The van der Waals surface area contributed by atoms with E-state index in [0.29, 0.717) is 18.2 Å². The maximum Gasteiger partial charge on any atom is 0.337 e. The van der Waals surface area contributed by atoms with E-state index < -0.39 is 5.97 Å². The van der Waals surface area contributed by atoms with Gasteiger partial charge in [0.15, 0.2) is 5.82 Å². The standard InChI is InChI=1S/C20H27N5O2/c1-23-9-4-10-24(12-11-23)14-19-21-18(13-15-7-8-15)22-25(19)17-6-3-2-5-16(17)20(26)27/h2-3,5-6,15H,4,7-14H2,1H3,(H,26,27). The number of benzene rings is 1. The highest BCUT2D eigenvalue weighted by molar-refractivity contribution is 5.91. The Labute approximate surface area is 159 Å². The van der Waals surface area contributed by atoms with Crippen LogP contribution < -0.4 is 0 Å². The van der Waals surface area contributed by atoms with Gasteiger partial charge in [-0.15, -0.1) is 0 Å². The highest BCUT2D eigenvalue weighted by atomic mass is 16.4. The summed E-state index contributed by atoms with van der Waals surface area (Å²) in [6.07, 6.45) is 4.51. The number of nitrogens with zero attached hydrogens (tertiary/aromatic N) is 5. The van der Waals surface area contributed by atoms with Crippen LogP contribution in [0, 0.1) is 5.92 Å². The lowest BCUT2D eigenvalue weighted by atomic mass is 10.2. The Morgan fingerprint density at radius 3 is 2.78 bits per heavy atom. The molecule has 0 spiro atoms. The first-order valence-corrected chi connectivity index (χ1v) is 9.78. The van der Waals surface area contributed by atoms with Crippen LogP contribution in [-0.4, -0.2) is 68.9 Å². The summed E-state index contributed by atoms with van der Waals surface area (Å²) in [6, 6.07) is 7.05. The van der Waals surface area contributed by atoms with E-state index in [1.807, 2.05) is 12.1 Å². The Kier molecular flexibility index (Phi) is 5.22. The third-order valence-electron chi connectivity index (χ3n) is 5.43. The smallest absolute Gasteiger partial charge is 0.337 e. The van der Waals surface area contributed by atoms with Gasteiger partial charge in [0, 0.05) is 19.5 Å². The van der Waals surface area contributed by atoms with E-state index in [9.17, 15) is 9.90 Å². The third kappa shape index (κ3) is 4.36. The number of para-hydroxylation sites is 1. The van der Waals surface area contributed by atoms with Gasteiger partial charge in [-0.05, 0) is 57.5 Å². The SMILES string of the molecule is CN1CCCN(Cc2nc(CC3CC3)nn2-c2ccccc2C(=O)O)CC1. The van der Waals surface area contributed by atoms with Crippen LogP contribution >= 0.6 is 0 Å². The molecular formula is C20H27N5O2. The number of likely N-dealkylation sites (N-methyl/N-ethyl adjacent to an activating group) is 1. The molecule has 0 radical (unpaired) electrons. The summed E-state index contributed by atoms with van der Waals surface area (Å²) in [5, 5.41) is 14.3. The molecule has 144 valence electrons. The van der Waals surface area contributed by atoms with Crippen LogP contribution in [0.25, 0.3) is 5.69 Å². The predicted octanol–water partition coefficient (Wildman–Crippen LogP) is 2.06. The van der Waals surface area contributed by atoms with Gasteiger partial charge in [0.1, 0.15) is 5.82 Å². The van der Waals surface area contributed by atoms with Crippen LogP contribution in [0.5, 0.6) is 0 Å². The van der Waals surface area contributed by atoms with Crippen molar-refractivity contribution in [1.82, 2.24) is 24.6 Å². The number of carboxylic acids is 1. The number of aromatic carboxylic acids is 1. The first kappa shape index (κ1) is 18.1. The van der Waals surface area contributed by atoms with Crippen molar-refractivity contribution < 1.29 is 9.90 Å². The van der Waals surface area contributed by atoms with E-state index in [-0.39, 0.29) is 5.56 Å². The highest BCUT2D eigenvalue weighted by Gasteiger charge is 2.26. The number of hydrogen-bond acceptors (Lipinski definition) is 5. The third-order valence-corrected chi connectivity index (χ3v) is 5.43. The first-order chi connectivity index (χ1) is 13.1. The minimum atomic E-state index is -0.938. The van der Waals surface area contributed by atoms with E-state index in [0.717, 1.165) is 50.7 Å². The molecule has 1 N–H and O–H groups in total. The molecular weight excluding hydrogens is 342 g/mol. The van der Waals surface area contributed by atoms with Crippen molar-refractivity contribution in [3.8, 4) is 5.69 Å². The van der Waals surface area contributed by atoms with Crippen LogP contribution in [0.4, 0.5) is 0 Å². The summed E-state index contributed by atoms with van der Waals surface area (Å²) >= 11 is 0. The fourth-order valence-corrected chi connectivity index (χ4v) is 3.65. The monoisotopic (exact) mass is 369 g/mol. The van der Waals surface area contributed by atoms with Crippen LogP contribution in [0.15, 0.2) is 24.3 Å². The molecule has 7 nitrogen and oxygen atoms in total. The van der Waals surface area contributed by atoms with E-state index in [2.05, 4.69) is 16.8 Å². The predicted molar refractivity (Wildman–Crippen MR) is 102 cm³/mol. The lowest BCUT2D eigenvalue weighted by Gasteiger charge is -2.20. The van der Waals surface area contributed by atoms with Gasteiger partial charge >= 0.3 is 5.97 Å². The van der Waals surface area contributed by atoms with Crippen LogP contribution in [0.1, 0.15) is 41.3 Å². The Morgan fingerprint density at radius 2 is 2.00 bits per heavy atom. The van der Waals surface area contributed by atoms with Gasteiger partial charge in [-0.1, -0.05) is 12.1 Å². The summed E-state index contributed by atoms with van der Waals surface area (Å²) in [4.78, 5) is 21.3. The minimum absolute atomic E-state index is 0.261. The number of rotatable bonds is 6. The zero-order valence-corrected chi connectivity index (χ0v) is 15.8. The zero-order chi connectivity index (χ0) is 18.8. The van der Waals surface area contributed by atoms with Crippen molar-refractivity contribution in [3.63, 3.8) is 0 Å². The van der Waals surface area contributed by atoms with Gasteiger partial charge in [0.25, 0.3) is 0 Å². The van der Waals surface area contributed by atoms with Gasteiger partial charge in [0.2, 0.25) is 0 Å². The molecule has 2 fully saturated rings. The maximum absolute atomic E-state index is 11.7. The Morgan fingerprint density at radius 1 is 1.19 bits per heavy atom. The molecule has 0 unspecified atom stereocenters. The van der Waals surface area contributed by atoms with E-state index in [4.69, 9.17) is 10.1 Å².